The van der Waals surface area contributed by atoms with E-state index in [2.05, 4.69) is 510 Å². The van der Waals surface area contributed by atoms with E-state index in [4.69, 9.17) is 19.7 Å². The highest BCUT2D eigenvalue weighted by Gasteiger charge is 2.46. The van der Waals surface area contributed by atoms with Crippen molar-refractivity contribution < 1.29 is 4.74 Å². The molecule has 24 aromatic rings. The van der Waals surface area contributed by atoms with E-state index in [1.54, 1.807) is 0 Å². The number of fused-ring (bicyclic) bond motifs is 12. The van der Waals surface area contributed by atoms with Crippen molar-refractivity contribution in [2.75, 3.05) is 12.3 Å². The fourth-order valence-corrected chi connectivity index (χ4v) is 24.0. The van der Waals surface area contributed by atoms with Crippen molar-refractivity contribution in [3.63, 3.8) is 0 Å². The fourth-order valence-electron chi connectivity index (χ4n) is 21.8. The number of rotatable bonds is 12. The van der Waals surface area contributed by atoms with Crippen molar-refractivity contribution in [3.05, 3.63) is 472 Å². The number of nitrogens with zero attached hydrogens (tertiary/aromatic N) is 3. The quantitative estimate of drug-likeness (QED) is 0.115. The van der Waals surface area contributed by atoms with Crippen molar-refractivity contribution in [2.45, 2.75) is 76.8 Å². The first-order valence-electron chi connectivity index (χ1n) is 49.8. The average molecular weight is 1870 g/mol. The summed E-state index contributed by atoms with van der Waals surface area (Å²) in [5.74, 6) is 1.74. The molecular weight excluding hydrogens is 1770 g/mol. The lowest BCUT2D eigenvalue weighted by Gasteiger charge is -2.30. The third-order valence-corrected chi connectivity index (χ3v) is 32.5. The number of benzene rings is 24. The van der Waals surface area contributed by atoms with Gasteiger partial charge in [-0.1, -0.05) is 400 Å². The molecule has 6 heteroatoms. The Balaban J connectivity index is 0.000000113. The molecule has 27 rings (SSSR count). The maximum absolute atomic E-state index is 6.32. The second kappa shape index (κ2) is 35.6. The van der Waals surface area contributed by atoms with Gasteiger partial charge in [-0.25, -0.2) is 4.99 Å². The first-order valence-corrected chi connectivity index (χ1v) is 51.6. The van der Waals surface area contributed by atoms with Crippen molar-refractivity contribution >= 4 is 169 Å². The van der Waals surface area contributed by atoms with Crippen LogP contribution in [0.1, 0.15) is 72.1 Å². The number of ether oxygens (including phenoxy) is 1. The Kier molecular flexibility index (Phi) is 22.0. The van der Waals surface area contributed by atoms with Gasteiger partial charge in [-0.15, -0.1) is 11.8 Å². The van der Waals surface area contributed by atoms with Crippen molar-refractivity contribution in [1.29, 1.82) is 0 Å². The lowest BCUT2D eigenvalue weighted by atomic mass is 9.84. The molecule has 0 radical (unpaired) electrons. The Morgan fingerprint density at radius 2 is 0.434 bits per heavy atom. The van der Waals surface area contributed by atoms with Crippen LogP contribution in [0.3, 0.4) is 0 Å². The van der Waals surface area contributed by atoms with Crippen LogP contribution in [0.5, 0.6) is 0 Å². The maximum Gasteiger partial charge on any atom is 0.217 e. The number of thioether (sulfide) groups is 2. The standard InChI is InChI=1S/C47H37NO.2C45H33NS/c1-46(2)47(3,4)49-45(48-46)33-21-17-32(18-22-33)36-25-26-41-42(29-36)44(38-24-20-31-12-6-8-14-35(31)28-38)40-16-10-9-15-39(40)43(41)37-23-19-30-11-5-7-13-34(30)27-37;1-45(2)28-47-44(46-45)32-19-15-31(16-20-32)35-23-24-40-41(27-35)43(37-22-18-30-10-4-6-12-34(30)26-37)39-14-8-7-13-38(39)42(40)36-21-17-29-9-3-5-11-33(29)25-36;1-45(2)28-46-44(47-45)32-19-15-31(16-20-32)35-23-24-40-41(27-35)43(37-22-18-30-10-4-6-12-34(30)26-37)39-14-8-7-13-38(39)42(40)36-21-17-29-9-3-5-11-33(29)25-36/h5-29H,1-4H3;2*3-27H,28H2,1-2H3. The van der Waals surface area contributed by atoms with Crippen molar-refractivity contribution in [3.8, 4) is 100 Å². The minimum absolute atomic E-state index is 0.00169. The first-order chi connectivity index (χ1) is 69.8. The molecular formula is C137H103N3OS2. The predicted octanol–water partition coefficient (Wildman–Crippen LogP) is 37.8. The Morgan fingerprint density at radius 3 is 0.685 bits per heavy atom. The van der Waals surface area contributed by atoms with Crippen LogP contribution in [0.25, 0.3) is 229 Å². The zero-order valence-corrected chi connectivity index (χ0v) is 82.9. The van der Waals surface area contributed by atoms with Crippen LogP contribution in [0.2, 0.25) is 0 Å². The molecule has 3 heterocycles. The molecule has 0 fully saturated rings. The van der Waals surface area contributed by atoms with E-state index in [1.165, 1.54) is 235 Å². The fraction of sp³-hybridized carbons (Fsp3) is 0.102. The molecule has 24 aromatic carbocycles. The van der Waals surface area contributed by atoms with E-state index in [9.17, 15) is 0 Å². The third-order valence-electron chi connectivity index (χ3n) is 29.8. The van der Waals surface area contributed by atoms with Gasteiger partial charge in [0, 0.05) is 27.2 Å². The van der Waals surface area contributed by atoms with Gasteiger partial charge in [0.1, 0.15) is 5.60 Å². The second-order valence-electron chi connectivity index (χ2n) is 40.9. The number of hydrogen-bond donors (Lipinski definition) is 0. The van der Waals surface area contributed by atoms with Crippen LogP contribution >= 0.6 is 23.5 Å². The molecule has 0 bridgehead atoms. The Hall–Kier alpha value is -16.1. The SMILES string of the molecule is CC1(C)CN=C(c2ccc(-c3ccc4c(-c5ccc6ccccc6c5)c5ccccc5c(-c5ccc6ccccc6c5)c4c3)cc2)S1.CC1(C)CSC(c2ccc(-c3ccc4c(-c5ccc6ccccc6c5)c5ccccc5c(-c5ccc6ccccc6c5)c4c3)cc2)=N1.CC1(C)N=C(c2ccc(-c3ccc4c(-c5ccc6ccccc6c5)c5ccccc5c(-c5ccc6ccccc6c5)c4c3)cc2)OC1(C)C. The Bertz CT molecular complexity index is 9430. The summed E-state index contributed by atoms with van der Waals surface area (Å²) in [6, 6.07) is 168. The summed E-state index contributed by atoms with van der Waals surface area (Å²) in [6.45, 7) is 18.3. The van der Waals surface area contributed by atoms with Crippen molar-refractivity contribution in [1.82, 2.24) is 0 Å². The molecule has 0 aliphatic carbocycles. The third kappa shape index (κ3) is 16.4. The summed E-state index contributed by atoms with van der Waals surface area (Å²) in [5, 5.41) is 32.5. The summed E-state index contributed by atoms with van der Waals surface area (Å²) >= 11 is 3.73. The van der Waals surface area contributed by atoms with Gasteiger partial charge in [-0.3, -0.25) is 9.98 Å². The Labute approximate surface area is 842 Å². The lowest BCUT2D eigenvalue weighted by Crippen LogP contribution is -2.41. The molecule has 0 amide bonds. The largest absolute Gasteiger partial charge is 0.469 e. The van der Waals surface area contributed by atoms with Gasteiger partial charge < -0.3 is 4.74 Å². The zero-order chi connectivity index (χ0) is 96.4. The monoisotopic (exact) mass is 1870 g/mol. The van der Waals surface area contributed by atoms with Gasteiger partial charge in [0.15, 0.2) is 0 Å². The minimum atomic E-state index is -0.357. The summed E-state index contributed by atoms with van der Waals surface area (Å²) in [6.07, 6.45) is 0. The van der Waals surface area contributed by atoms with E-state index < -0.39 is 0 Å². The van der Waals surface area contributed by atoms with Crippen molar-refractivity contribution in [2.24, 2.45) is 15.0 Å². The number of aliphatic imine (C=N–C) groups is 3. The molecule has 3 aliphatic heterocycles. The summed E-state index contributed by atoms with van der Waals surface area (Å²) in [4.78, 5) is 14.7. The predicted molar refractivity (Wildman–Crippen MR) is 620 cm³/mol. The van der Waals surface area contributed by atoms with Crippen LogP contribution in [0, 0.1) is 0 Å². The normalized spacial score (nSPS) is 14.6. The van der Waals surface area contributed by atoms with Crippen LogP contribution in [0.4, 0.5) is 0 Å². The zero-order valence-electron chi connectivity index (χ0n) is 81.3. The van der Waals surface area contributed by atoms with Gasteiger partial charge >= 0.3 is 0 Å². The van der Waals surface area contributed by atoms with Crippen LogP contribution < -0.4 is 0 Å². The highest BCUT2D eigenvalue weighted by molar-refractivity contribution is 8.16. The van der Waals surface area contributed by atoms with Gasteiger partial charge in [0.05, 0.1) is 27.7 Å². The summed E-state index contributed by atoms with van der Waals surface area (Å²) < 4.78 is 6.49. The highest BCUT2D eigenvalue weighted by atomic mass is 32.2. The lowest BCUT2D eigenvalue weighted by molar-refractivity contribution is 0.0619. The van der Waals surface area contributed by atoms with Crippen LogP contribution in [-0.4, -0.2) is 49.7 Å². The minimum Gasteiger partial charge on any atom is -0.469 e. The summed E-state index contributed by atoms with van der Waals surface area (Å²) in [5.41, 5.74) is 25.0. The molecule has 0 saturated heterocycles. The molecule has 4 nitrogen and oxygen atoms in total. The first kappa shape index (κ1) is 88.3. The second-order valence-corrected chi connectivity index (χ2v) is 43.5. The highest BCUT2D eigenvalue weighted by Crippen LogP contribution is 2.52. The van der Waals surface area contributed by atoms with E-state index in [-0.39, 0.29) is 21.4 Å². The summed E-state index contributed by atoms with van der Waals surface area (Å²) in [7, 11) is 0. The van der Waals surface area contributed by atoms with Gasteiger partial charge in [-0.2, -0.15) is 0 Å². The maximum atomic E-state index is 6.32. The van der Waals surface area contributed by atoms with Gasteiger partial charge in [0.2, 0.25) is 5.90 Å². The Morgan fingerprint density at radius 1 is 0.203 bits per heavy atom. The molecule has 0 saturated carbocycles. The molecule has 0 N–H and O–H groups in total. The molecule has 0 aromatic heterocycles. The van der Waals surface area contributed by atoms with E-state index >= 15 is 0 Å². The van der Waals surface area contributed by atoms with E-state index in [1.807, 2.05) is 23.5 Å². The van der Waals surface area contributed by atoms with E-state index in [0.29, 0.717) is 5.90 Å². The molecule has 143 heavy (non-hydrogen) atoms. The number of hydrogen-bond acceptors (Lipinski definition) is 6. The molecule has 684 valence electrons. The van der Waals surface area contributed by atoms with Crippen LogP contribution in [0.15, 0.2) is 470 Å². The van der Waals surface area contributed by atoms with E-state index in [0.717, 1.165) is 33.5 Å². The topological polar surface area (TPSA) is 46.3 Å². The smallest absolute Gasteiger partial charge is 0.217 e. The average Bonchev–Trinajstić information content (AvgIpc) is 0.752. The molecule has 3 aliphatic rings. The molecule has 0 spiro atoms. The van der Waals surface area contributed by atoms with Gasteiger partial charge in [-0.05, 0) is 352 Å². The molecule has 0 unspecified atom stereocenters. The van der Waals surface area contributed by atoms with Gasteiger partial charge in [0.25, 0.3) is 0 Å². The van der Waals surface area contributed by atoms with Crippen LogP contribution in [-0.2, 0) is 4.74 Å². The molecule has 0 atom stereocenters.